The first-order valence-electron chi connectivity index (χ1n) is 14.2. The Balaban J connectivity index is 1.24. The van der Waals surface area contributed by atoms with E-state index in [2.05, 4.69) is 53.0 Å². The monoisotopic (exact) mass is 565 g/mol. The molecule has 1 unspecified atom stereocenters. The largest absolute Gasteiger partial charge is 0.416 e. The molecule has 5 rings (SSSR count). The third-order valence-electron chi connectivity index (χ3n) is 8.16. The Labute approximate surface area is 240 Å². The van der Waals surface area contributed by atoms with Crippen LogP contribution in [0.1, 0.15) is 63.8 Å². The van der Waals surface area contributed by atoms with Crippen LogP contribution in [0.25, 0.3) is 0 Å². The molecule has 0 saturated carbocycles. The van der Waals surface area contributed by atoms with Gasteiger partial charge in [-0.25, -0.2) is 0 Å². The Morgan fingerprint density at radius 2 is 1.68 bits per heavy atom. The van der Waals surface area contributed by atoms with Crippen LogP contribution in [0, 0.1) is 5.92 Å². The molecule has 1 amide bonds. The van der Waals surface area contributed by atoms with Crippen LogP contribution in [-0.2, 0) is 32.4 Å². The van der Waals surface area contributed by atoms with Crippen molar-refractivity contribution in [1.29, 1.82) is 0 Å². The number of benzene rings is 2. The number of carbonyl (C=O) groups excluding carboxylic acids is 1. The average molecular weight is 566 g/mol. The summed E-state index contributed by atoms with van der Waals surface area (Å²) in [5.41, 5.74) is 4.92. The molecule has 1 aromatic heterocycles. The standard InChI is InChI=1S/C32H38F3N5O/c1-22(2)30-29-27(21-40(30)19-23-8-10-28(11-9-23)32(33,34)35)16-26(18-36-29)31(41)37-17-24-6-4-5-7-25(24)20-39-14-12-38(3)13-15-39/h4-11,16,18,22,30H,12-15,17,19-21H2,1-3H3,(H,37,41). The van der Waals surface area contributed by atoms with Gasteiger partial charge in [-0.05, 0) is 53.4 Å². The van der Waals surface area contributed by atoms with Gasteiger partial charge in [0.1, 0.15) is 0 Å². The lowest BCUT2D eigenvalue weighted by Crippen LogP contribution is -2.44. The lowest BCUT2D eigenvalue weighted by molar-refractivity contribution is -0.137. The third-order valence-corrected chi connectivity index (χ3v) is 8.16. The number of carbonyl (C=O) groups is 1. The zero-order valence-electron chi connectivity index (χ0n) is 23.9. The highest BCUT2D eigenvalue weighted by Gasteiger charge is 2.35. The van der Waals surface area contributed by atoms with Gasteiger partial charge in [0.25, 0.3) is 5.91 Å². The van der Waals surface area contributed by atoms with Gasteiger partial charge in [-0.15, -0.1) is 0 Å². The first-order chi connectivity index (χ1) is 19.6. The highest BCUT2D eigenvalue weighted by Crippen LogP contribution is 2.39. The second-order valence-corrected chi connectivity index (χ2v) is 11.6. The van der Waals surface area contributed by atoms with Crippen molar-refractivity contribution in [3.63, 3.8) is 0 Å². The van der Waals surface area contributed by atoms with Crippen LogP contribution in [-0.4, -0.2) is 58.8 Å². The molecule has 0 radical (unpaired) electrons. The number of likely N-dealkylation sites (N-methyl/N-ethyl adjacent to an activating group) is 1. The molecule has 1 fully saturated rings. The third kappa shape index (κ3) is 6.97. The molecule has 0 spiro atoms. The Hall–Kier alpha value is -3.27. The fourth-order valence-corrected chi connectivity index (χ4v) is 5.86. The SMILES string of the molecule is CC(C)C1c2ncc(C(=O)NCc3ccccc3CN3CCN(C)CC3)cc2CN1Cc1ccc(C(F)(F)F)cc1. The number of nitrogens with zero attached hydrogens (tertiary/aromatic N) is 4. The molecular formula is C32H38F3N5O. The quantitative estimate of drug-likeness (QED) is 0.392. The van der Waals surface area contributed by atoms with Crippen molar-refractivity contribution in [3.8, 4) is 0 Å². The molecule has 2 aromatic carbocycles. The lowest BCUT2D eigenvalue weighted by Gasteiger charge is -2.32. The summed E-state index contributed by atoms with van der Waals surface area (Å²) in [4.78, 5) is 24.9. The van der Waals surface area contributed by atoms with Gasteiger partial charge in [-0.3, -0.25) is 19.6 Å². The predicted octanol–water partition coefficient (Wildman–Crippen LogP) is 5.49. The summed E-state index contributed by atoms with van der Waals surface area (Å²) in [6.07, 6.45) is -2.71. The average Bonchev–Trinajstić information content (AvgIpc) is 3.30. The summed E-state index contributed by atoms with van der Waals surface area (Å²) in [7, 11) is 2.15. The summed E-state index contributed by atoms with van der Waals surface area (Å²) in [5.74, 6) is 0.0756. The minimum atomic E-state index is -4.35. The second-order valence-electron chi connectivity index (χ2n) is 11.6. The van der Waals surface area contributed by atoms with Crippen LogP contribution < -0.4 is 5.32 Å². The molecule has 0 bridgehead atoms. The van der Waals surface area contributed by atoms with Crippen molar-refractivity contribution in [1.82, 2.24) is 25.0 Å². The molecule has 6 nitrogen and oxygen atoms in total. The molecule has 9 heteroatoms. The molecule has 41 heavy (non-hydrogen) atoms. The maximum absolute atomic E-state index is 13.2. The summed E-state index contributed by atoms with van der Waals surface area (Å²) in [6.45, 7) is 10.8. The van der Waals surface area contributed by atoms with E-state index in [1.807, 2.05) is 18.2 Å². The van der Waals surface area contributed by atoms with Crippen LogP contribution in [0.5, 0.6) is 0 Å². The van der Waals surface area contributed by atoms with E-state index in [0.29, 0.717) is 25.2 Å². The Bertz CT molecular complexity index is 1350. The molecule has 1 saturated heterocycles. The van der Waals surface area contributed by atoms with Gasteiger partial charge in [0.15, 0.2) is 0 Å². The van der Waals surface area contributed by atoms with E-state index in [4.69, 9.17) is 4.98 Å². The summed E-state index contributed by atoms with van der Waals surface area (Å²) < 4.78 is 39.0. The normalized spacial score (nSPS) is 18.6. The number of pyridine rings is 1. The van der Waals surface area contributed by atoms with Gasteiger partial charge >= 0.3 is 6.18 Å². The van der Waals surface area contributed by atoms with Crippen molar-refractivity contribution in [2.45, 2.75) is 52.2 Å². The van der Waals surface area contributed by atoms with Crippen molar-refractivity contribution < 1.29 is 18.0 Å². The molecule has 1 N–H and O–H groups in total. The number of rotatable bonds is 8. The summed E-state index contributed by atoms with van der Waals surface area (Å²) in [6, 6.07) is 15.5. The molecular weight excluding hydrogens is 527 g/mol. The van der Waals surface area contributed by atoms with E-state index in [-0.39, 0.29) is 17.9 Å². The Morgan fingerprint density at radius 1 is 1.00 bits per heavy atom. The maximum Gasteiger partial charge on any atom is 0.416 e. The van der Waals surface area contributed by atoms with Gasteiger partial charge in [0.05, 0.1) is 22.9 Å². The number of halogens is 3. The van der Waals surface area contributed by atoms with Crippen molar-refractivity contribution in [2.24, 2.45) is 5.92 Å². The fourth-order valence-electron chi connectivity index (χ4n) is 5.86. The number of hydrogen-bond donors (Lipinski definition) is 1. The number of nitrogens with one attached hydrogen (secondary N) is 1. The van der Waals surface area contributed by atoms with Crippen LogP contribution >= 0.6 is 0 Å². The van der Waals surface area contributed by atoms with E-state index >= 15 is 0 Å². The fraction of sp³-hybridized carbons (Fsp3) is 0.438. The molecule has 0 aliphatic carbocycles. The number of amides is 1. The van der Waals surface area contributed by atoms with Gasteiger partial charge in [0, 0.05) is 58.6 Å². The van der Waals surface area contributed by atoms with E-state index in [0.717, 1.165) is 67.2 Å². The van der Waals surface area contributed by atoms with Gasteiger partial charge in [-0.1, -0.05) is 50.2 Å². The zero-order chi connectivity index (χ0) is 29.1. The van der Waals surface area contributed by atoms with Crippen LogP contribution in [0.2, 0.25) is 0 Å². The zero-order valence-corrected chi connectivity index (χ0v) is 23.9. The molecule has 3 aromatic rings. The van der Waals surface area contributed by atoms with E-state index in [9.17, 15) is 18.0 Å². The minimum absolute atomic E-state index is 0.0193. The second kappa shape index (κ2) is 12.3. The van der Waals surface area contributed by atoms with Crippen molar-refractivity contribution >= 4 is 5.91 Å². The van der Waals surface area contributed by atoms with Crippen LogP contribution in [0.4, 0.5) is 13.2 Å². The number of hydrogen-bond acceptors (Lipinski definition) is 5. The molecule has 1 atom stereocenters. The molecule has 2 aliphatic rings. The maximum atomic E-state index is 13.2. The minimum Gasteiger partial charge on any atom is -0.348 e. The molecule has 218 valence electrons. The van der Waals surface area contributed by atoms with Gasteiger partial charge in [0.2, 0.25) is 0 Å². The van der Waals surface area contributed by atoms with Crippen molar-refractivity contribution in [3.05, 3.63) is 99.9 Å². The number of aromatic nitrogens is 1. The Morgan fingerprint density at radius 3 is 2.34 bits per heavy atom. The van der Waals surface area contributed by atoms with E-state index in [1.54, 1.807) is 6.20 Å². The molecule has 3 heterocycles. The highest BCUT2D eigenvalue weighted by atomic mass is 19.4. The molecule has 2 aliphatic heterocycles. The summed E-state index contributed by atoms with van der Waals surface area (Å²) >= 11 is 0. The number of alkyl halides is 3. The van der Waals surface area contributed by atoms with Crippen LogP contribution in [0.3, 0.4) is 0 Å². The first kappa shape index (κ1) is 29.2. The first-order valence-corrected chi connectivity index (χ1v) is 14.2. The number of fused-ring (bicyclic) bond motifs is 1. The Kier molecular flexibility index (Phi) is 8.77. The van der Waals surface area contributed by atoms with Gasteiger partial charge < -0.3 is 10.2 Å². The van der Waals surface area contributed by atoms with Gasteiger partial charge in [-0.2, -0.15) is 13.2 Å². The highest BCUT2D eigenvalue weighted by molar-refractivity contribution is 5.94. The van der Waals surface area contributed by atoms with E-state index in [1.165, 1.54) is 17.7 Å². The lowest BCUT2D eigenvalue weighted by atomic mass is 9.99. The van der Waals surface area contributed by atoms with E-state index < -0.39 is 11.7 Å². The smallest absolute Gasteiger partial charge is 0.348 e. The predicted molar refractivity (Wildman–Crippen MR) is 153 cm³/mol. The van der Waals surface area contributed by atoms with Crippen LogP contribution in [0.15, 0.2) is 60.8 Å². The van der Waals surface area contributed by atoms with Crippen molar-refractivity contribution in [2.75, 3.05) is 33.2 Å². The summed E-state index contributed by atoms with van der Waals surface area (Å²) in [5, 5.41) is 3.08. The number of piperazine rings is 1. The topological polar surface area (TPSA) is 51.7 Å².